The Morgan fingerprint density at radius 3 is 1.59 bits per heavy atom. The molecule has 0 heteroatoms. The van der Waals surface area contributed by atoms with Crippen LogP contribution < -0.4 is 0 Å². The Bertz CT molecular complexity index is 3600. The highest BCUT2D eigenvalue weighted by Crippen LogP contribution is 2.66. The van der Waals surface area contributed by atoms with Crippen molar-refractivity contribution in [3.05, 3.63) is 229 Å². The fourth-order valence-electron chi connectivity index (χ4n) is 11.7. The molecule has 0 fully saturated rings. The van der Waals surface area contributed by atoms with Crippen molar-refractivity contribution in [1.29, 1.82) is 0 Å². The molecule has 3 aliphatic carbocycles. The number of rotatable bonds is 2. The van der Waals surface area contributed by atoms with Crippen molar-refractivity contribution in [2.24, 2.45) is 0 Å². The van der Waals surface area contributed by atoms with E-state index in [1.165, 1.54) is 132 Å². The third-order valence-electron chi connectivity index (χ3n) is 14.0. The van der Waals surface area contributed by atoms with Crippen molar-refractivity contribution in [2.45, 2.75) is 5.41 Å². The summed E-state index contributed by atoms with van der Waals surface area (Å²) in [5.41, 5.74) is 20.7. The van der Waals surface area contributed by atoms with E-state index >= 15 is 0 Å². The lowest BCUT2D eigenvalue weighted by molar-refractivity contribution is 0.803. The molecule has 3 aliphatic rings. The Morgan fingerprint density at radius 1 is 0.254 bits per heavy atom. The van der Waals surface area contributed by atoms with Crippen LogP contribution in [0, 0.1) is 0 Å². The molecule has 0 unspecified atom stereocenters. The third kappa shape index (κ3) is 3.94. The molecule has 0 saturated heterocycles. The van der Waals surface area contributed by atoms with Crippen LogP contribution in [-0.4, -0.2) is 0 Å². The van der Waals surface area contributed by atoms with Crippen LogP contribution in [0.25, 0.3) is 110 Å². The smallest absolute Gasteiger partial charge is 0.0619 e. The number of fused-ring (bicyclic) bond motifs is 19. The molecule has 270 valence electrons. The van der Waals surface area contributed by atoms with Crippen LogP contribution in [0.4, 0.5) is 0 Å². The minimum Gasteiger partial charge on any atom is -0.0619 e. The molecule has 0 aliphatic heterocycles. The lowest BCUT2D eigenvalue weighted by Gasteiger charge is -2.32. The Balaban J connectivity index is 1.03. The van der Waals surface area contributed by atoms with Crippen LogP contribution in [0.1, 0.15) is 22.3 Å². The fourth-order valence-corrected chi connectivity index (χ4v) is 11.7. The highest BCUT2D eigenvalue weighted by Gasteiger charge is 2.53. The fraction of sp³-hybridized carbons (Fsp3) is 0.0169. The topological polar surface area (TPSA) is 0 Å². The van der Waals surface area contributed by atoms with Gasteiger partial charge in [0.2, 0.25) is 0 Å². The summed E-state index contributed by atoms with van der Waals surface area (Å²) >= 11 is 0. The predicted molar refractivity (Wildman–Crippen MR) is 248 cm³/mol. The van der Waals surface area contributed by atoms with E-state index in [9.17, 15) is 0 Å². The van der Waals surface area contributed by atoms with Gasteiger partial charge in [0.05, 0.1) is 5.41 Å². The zero-order chi connectivity index (χ0) is 38.4. The van der Waals surface area contributed by atoms with Gasteiger partial charge < -0.3 is 0 Å². The summed E-state index contributed by atoms with van der Waals surface area (Å²) in [5, 5.41) is 10.4. The van der Waals surface area contributed by atoms with Crippen LogP contribution >= 0.6 is 0 Å². The van der Waals surface area contributed by atoms with Gasteiger partial charge in [-0.15, -0.1) is 0 Å². The lowest BCUT2D eigenvalue weighted by Crippen LogP contribution is -2.26. The molecule has 14 rings (SSSR count). The van der Waals surface area contributed by atoms with Gasteiger partial charge >= 0.3 is 0 Å². The lowest BCUT2D eigenvalue weighted by atomic mass is 9.69. The van der Waals surface area contributed by atoms with E-state index in [1.54, 1.807) is 0 Å². The monoisotopic (exact) mass is 742 g/mol. The van der Waals surface area contributed by atoms with Crippen molar-refractivity contribution in [2.75, 3.05) is 0 Å². The van der Waals surface area contributed by atoms with E-state index in [2.05, 4.69) is 206 Å². The Morgan fingerprint density at radius 2 is 0.814 bits per heavy atom. The first-order valence-electron chi connectivity index (χ1n) is 20.8. The van der Waals surface area contributed by atoms with E-state index in [1.807, 2.05) is 0 Å². The number of hydrogen-bond donors (Lipinski definition) is 0. The van der Waals surface area contributed by atoms with E-state index in [0.29, 0.717) is 0 Å². The maximum atomic E-state index is 2.50. The normalized spacial score (nSPS) is 13.6. The highest BCUT2D eigenvalue weighted by atomic mass is 14.5. The maximum Gasteiger partial charge on any atom is 0.0731 e. The van der Waals surface area contributed by atoms with Gasteiger partial charge in [-0.1, -0.05) is 182 Å². The molecule has 59 heavy (non-hydrogen) atoms. The second-order valence-electron chi connectivity index (χ2n) is 16.7. The summed E-state index contributed by atoms with van der Waals surface area (Å²) in [7, 11) is 0. The zero-order valence-electron chi connectivity index (χ0n) is 32.1. The van der Waals surface area contributed by atoms with E-state index in [4.69, 9.17) is 0 Å². The van der Waals surface area contributed by atoms with Gasteiger partial charge in [-0.25, -0.2) is 0 Å². The largest absolute Gasteiger partial charge is 0.0731 e. The molecule has 0 heterocycles. The molecule has 0 radical (unpaired) electrons. The Kier molecular flexibility index (Phi) is 6.05. The Hall–Kier alpha value is -7.54. The van der Waals surface area contributed by atoms with Gasteiger partial charge in [-0.2, -0.15) is 0 Å². The SMILES string of the molecule is c1cc(-c2ccc3c4c(c5ccccc5c3c2)-c2cc3ccccc3cc2C42c3ccccc3-c3ccccc32)cc(-c2ccc3c4c(cccc24)-c2ccccc2-3)c1. The van der Waals surface area contributed by atoms with Crippen LogP contribution in [0.3, 0.4) is 0 Å². The van der Waals surface area contributed by atoms with Crippen LogP contribution in [0.2, 0.25) is 0 Å². The van der Waals surface area contributed by atoms with Crippen molar-refractivity contribution >= 4 is 43.1 Å². The van der Waals surface area contributed by atoms with Crippen molar-refractivity contribution in [3.63, 3.8) is 0 Å². The van der Waals surface area contributed by atoms with Gasteiger partial charge in [-0.3, -0.25) is 0 Å². The van der Waals surface area contributed by atoms with E-state index < -0.39 is 5.41 Å². The standard InChI is InChI=1S/C59H34/c1-2-14-37-34-55-52(33-36(37)13-1)57-48-22-6-5-19-43(48)51-32-38(27-28-50(51)58(57)59(55)53-25-9-7-20-44(53)45-21-8-10-26-54(45)59)35-15-11-16-39(31-35)40-29-30-49-42-18-4-3-17-41(42)47-24-12-23-46(40)56(47)49/h1-34H. The van der Waals surface area contributed by atoms with E-state index in [-0.39, 0.29) is 0 Å². The zero-order valence-corrected chi connectivity index (χ0v) is 32.1. The summed E-state index contributed by atoms with van der Waals surface area (Å²) in [6, 6.07) is 78.1. The van der Waals surface area contributed by atoms with Crippen LogP contribution in [0.5, 0.6) is 0 Å². The van der Waals surface area contributed by atoms with Gasteiger partial charge in [0.1, 0.15) is 0 Å². The number of hydrogen-bond acceptors (Lipinski definition) is 0. The molecule has 0 amide bonds. The molecule has 0 bridgehead atoms. The van der Waals surface area contributed by atoms with Gasteiger partial charge in [0.25, 0.3) is 0 Å². The van der Waals surface area contributed by atoms with Gasteiger partial charge in [-0.05, 0) is 156 Å². The maximum absolute atomic E-state index is 2.50. The number of benzene rings is 11. The second-order valence-corrected chi connectivity index (χ2v) is 16.7. The molecule has 0 nitrogen and oxygen atoms in total. The molecule has 0 N–H and O–H groups in total. The first kappa shape index (κ1) is 31.5. The first-order chi connectivity index (χ1) is 29.3. The average molecular weight is 743 g/mol. The third-order valence-corrected chi connectivity index (χ3v) is 14.0. The van der Waals surface area contributed by atoms with Crippen molar-refractivity contribution < 1.29 is 0 Å². The molecule has 11 aromatic rings. The molecule has 1 spiro atoms. The van der Waals surface area contributed by atoms with Crippen LogP contribution in [-0.2, 0) is 5.41 Å². The molecule has 0 saturated carbocycles. The first-order valence-corrected chi connectivity index (χ1v) is 20.8. The van der Waals surface area contributed by atoms with E-state index in [0.717, 1.165) is 0 Å². The summed E-state index contributed by atoms with van der Waals surface area (Å²) < 4.78 is 0. The average Bonchev–Trinajstić information content (AvgIpc) is 3.91. The quantitative estimate of drug-likeness (QED) is 0.155. The molecular weight excluding hydrogens is 709 g/mol. The van der Waals surface area contributed by atoms with Crippen molar-refractivity contribution in [3.8, 4) is 66.8 Å². The summed E-state index contributed by atoms with van der Waals surface area (Å²) in [6.45, 7) is 0. The summed E-state index contributed by atoms with van der Waals surface area (Å²) in [5.74, 6) is 0. The molecule has 0 atom stereocenters. The molecule has 0 aromatic heterocycles. The predicted octanol–water partition coefficient (Wildman–Crippen LogP) is 15.6. The minimum atomic E-state index is -0.457. The highest BCUT2D eigenvalue weighted by molar-refractivity contribution is 6.22. The van der Waals surface area contributed by atoms with Gasteiger partial charge in [0, 0.05) is 0 Å². The minimum absolute atomic E-state index is 0.457. The molecular formula is C59H34. The van der Waals surface area contributed by atoms with Crippen molar-refractivity contribution in [1.82, 2.24) is 0 Å². The summed E-state index contributed by atoms with van der Waals surface area (Å²) in [6.07, 6.45) is 0. The second kappa shape index (κ2) is 11.3. The van der Waals surface area contributed by atoms with Crippen LogP contribution in [0.15, 0.2) is 206 Å². The Labute approximate surface area is 342 Å². The van der Waals surface area contributed by atoms with Gasteiger partial charge in [0.15, 0.2) is 0 Å². The molecule has 11 aromatic carbocycles. The summed E-state index contributed by atoms with van der Waals surface area (Å²) in [4.78, 5) is 0.